The van der Waals surface area contributed by atoms with Gasteiger partial charge in [-0.25, -0.2) is 4.98 Å². The second-order valence-electron chi connectivity index (χ2n) is 4.50. The number of aliphatic hydroxyl groups is 1. The normalized spacial score (nSPS) is 17.8. The first-order valence-corrected chi connectivity index (χ1v) is 6.00. The van der Waals surface area contributed by atoms with Crippen molar-refractivity contribution in [1.29, 1.82) is 0 Å². The molecule has 18 heavy (non-hydrogen) atoms. The first kappa shape index (κ1) is 11.2. The Morgan fingerprint density at radius 2 is 2.39 bits per heavy atom. The van der Waals surface area contributed by atoms with E-state index in [1.165, 1.54) is 11.9 Å². The molecule has 0 unspecified atom stereocenters. The second-order valence-corrected chi connectivity index (χ2v) is 4.50. The summed E-state index contributed by atoms with van der Waals surface area (Å²) in [6.45, 7) is 0.401. The molecule has 0 spiro atoms. The first-order valence-electron chi connectivity index (χ1n) is 6.00. The lowest BCUT2D eigenvalue weighted by atomic mass is 10.1. The van der Waals surface area contributed by atoms with E-state index in [1.807, 2.05) is 25.2 Å². The summed E-state index contributed by atoms with van der Waals surface area (Å²) in [6.07, 6.45) is 2.92. The van der Waals surface area contributed by atoms with Crippen molar-refractivity contribution in [2.24, 2.45) is 7.05 Å². The molecule has 5 heteroatoms. The molecular weight excluding hydrogens is 230 g/mol. The molecule has 94 valence electrons. The minimum absolute atomic E-state index is 0.312. The number of fused-ring (bicyclic) bond motifs is 1. The van der Waals surface area contributed by atoms with Crippen molar-refractivity contribution in [2.75, 3.05) is 0 Å². The molecule has 1 atom stereocenters. The molecule has 0 amide bonds. The zero-order valence-corrected chi connectivity index (χ0v) is 10.2. The van der Waals surface area contributed by atoms with E-state index < -0.39 is 0 Å². The van der Waals surface area contributed by atoms with Crippen LogP contribution < -0.4 is 4.74 Å². The van der Waals surface area contributed by atoms with Gasteiger partial charge in [-0.05, 0) is 36.1 Å². The number of aliphatic hydroxyl groups excluding tert-OH is 1. The Bertz CT molecular complexity index is 565. The van der Waals surface area contributed by atoms with Gasteiger partial charge in [0, 0.05) is 7.05 Å². The molecule has 1 aromatic heterocycles. The van der Waals surface area contributed by atoms with E-state index in [0.717, 1.165) is 30.0 Å². The number of hydrogen-bond donors (Lipinski definition) is 1. The fraction of sp³-hybridized carbons (Fsp3) is 0.385. The molecule has 3 rings (SSSR count). The van der Waals surface area contributed by atoms with Crippen molar-refractivity contribution < 1.29 is 9.84 Å². The molecule has 0 saturated heterocycles. The standard InChI is InChI=1S/C13H15N3O2/c1-16-13(14-8-15-16)7-18-10-3-4-11-9(6-10)2-5-12(11)17/h3-4,6,8,12,17H,2,5,7H2,1H3/t12-/m1/s1. The van der Waals surface area contributed by atoms with Crippen LogP contribution in [-0.4, -0.2) is 19.9 Å². The van der Waals surface area contributed by atoms with Crippen LogP contribution in [0.1, 0.15) is 29.5 Å². The largest absolute Gasteiger partial charge is 0.486 e. The van der Waals surface area contributed by atoms with E-state index in [2.05, 4.69) is 10.1 Å². The molecule has 1 aliphatic carbocycles. The van der Waals surface area contributed by atoms with E-state index in [0.29, 0.717) is 6.61 Å². The van der Waals surface area contributed by atoms with Crippen molar-refractivity contribution in [1.82, 2.24) is 14.8 Å². The van der Waals surface area contributed by atoms with Gasteiger partial charge in [0.05, 0.1) is 6.10 Å². The highest BCUT2D eigenvalue weighted by Gasteiger charge is 2.20. The Morgan fingerprint density at radius 3 is 3.17 bits per heavy atom. The monoisotopic (exact) mass is 245 g/mol. The highest BCUT2D eigenvalue weighted by atomic mass is 16.5. The van der Waals surface area contributed by atoms with Crippen LogP contribution >= 0.6 is 0 Å². The number of aryl methyl sites for hydroxylation is 2. The molecular formula is C13H15N3O2. The van der Waals surface area contributed by atoms with Crippen molar-refractivity contribution >= 4 is 0 Å². The van der Waals surface area contributed by atoms with Crippen LogP contribution in [0.5, 0.6) is 5.75 Å². The van der Waals surface area contributed by atoms with Gasteiger partial charge in [0.1, 0.15) is 18.7 Å². The van der Waals surface area contributed by atoms with Crippen LogP contribution in [0.4, 0.5) is 0 Å². The molecule has 0 saturated carbocycles. The van der Waals surface area contributed by atoms with Crippen LogP contribution in [0, 0.1) is 0 Å². The zero-order chi connectivity index (χ0) is 12.5. The van der Waals surface area contributed by atoms with Crippen LogP contribution in [0.3, 0.4) is 0 Å². The number of aromatic nitrogens is 3. The maximum absolute atomic E-state index is 9.73. The molecule has 0 radical (unpaired) electrons. The third kappa shape index (κ3) is 1.97. The van der Waals surface area contributed by atoms with E-state index in [4.69, 9.17) is 4.74 Å². The number of ether oxygens (including phenoxy) is 1. The van der Waals surface area contributed by atoms with Gasteiger partial charge >= 0.3 is 0 Å². The van der Waals surface area contributed by atoms with Gasteiger partial charge in [0.15, 0.2) is 5.82 Å². The molecule has 0 aliphatic heterocycles. The Balaban J connectivity index is 1.73. The summed E-state index contributed by atoms with van der Waals surface area (Å²) in [6, 6.07) is 5.84. The predicted octanol–water partition coefficient (Wildman–Crippen LogP) is 1.37. The lowest BCUT2D eigenvalue weighted by Gasteiger charge is -2.08. The van der Waals surface area contributed by atoms with Crippen LogP contribution in [0.25, 0.3) is 0 Å². The quantitative estimate of drug-likeness (QED) is 0.887. The van der Waals surface area contributed by atoms with Crippen LogP contribution in [-0.2, 0) is 20.1 Å². The van der Waals surface area contributed by atoms with Gasteiger partial charge < -0.3 is 9.84 Å². The fourth-order valence-corrected chi connectivity index (χ4v) is 2.26. The maximum atomic E-state index is 9.73. The topological polar surface area (TPSA) is 60.2 Å². The van der Waals surface area contributed by atoms with E-state index >= 15 is 0 Å². The molecule has 0 bridgehead atoms. The Hall–Kier alpha value is -1.88. The molecule has 1 N–H and O–H groups in total. The highest BCUT2D eigenvalue weighted by molar-refractivity contribution is 5.39. The zero-order valence-electron chi connectivity index (χ0n) is 10.2. The minimum atomic E-state index is -0.312. The van der Waals surface area contributed by atoms with E-state index in [1.54, 1.807) is 4.68 Å². The second kappa shape index (κ2) is 4.42. The van der Waals surface area contributed by atoms with E-state index in [9.17, 15) is 5.11 Å². The summed E-state index contributed by atoms with van der Waals surface area (Å²) in [7, 11) is 1.84. The smallest absolute Gasteiger partial charge is 0.164 e. The summed E-state index contributed by atoms with van der Waals surface area (Å²) in [5, 5.41) is 13.7. The predicted molar refractivity (Wildman–Crippen MR) is 65.1 cm³/mol. The molecule has 0 fully saturated rings. The van der Waals surface area contributed by atoms with Gasteiger partial charge in [-0.2, -0.15) is 5.10 Å². The van der Waals surface area contributed by atoms with Crippen molar-refractivity contribution in [3.8, 4) is 5.75 Å². The van der Waals surface area contributed by atoms with Crippen molar-refractivity contribution in [3.63, 3.8) is 0 Å². The summed E-state index contributed by atoms with van der Waals surface area (Å²) < 4.78 is 7.38. The van der Waals surface area contributed by atoms with Gasteiger partial charge in [0.2, 0.25) is 0 Å². The van der Waals surface area contributed by atoms with Crippen molar-refractivity contribution in [3.05, 3.63) is 41.5 Å². The number of nitrogens with zero attached hydrogens (tertiary/aromatic N) is 3. The van der Waals surface area contributed by atoms with Gasteiger partial charge in [-0.1, -0.05) is 6.07 Å². The van der Waals surface area contributed by atoms with Gasteiger partial charge in [-0.3, -0.25) is 4.68 Å². The molecule has 2 aromatic rings. The Kier molecular flexibility index (Phi) is 2.76. The molecule has 1 aliphatic rings. The Morgan fingerprint density at radius 1 is 1.50 bits per heavy atom. The summed E-state index contributed by atoms with van der Waals surface area (Å²) in [4.78, 5) is 4.10. The summed E-state index contributed by atoms with van der Waals surface area (Å²) in [5.41, 5.74) is 2.21. The van der Waals surface area contributed by atoms with Crippen LogP contribution in [0.15, 0.2) is 24.5 Å². The molecule has 1 aromatic carbocycles. The lowest BCUT2D eigenvalue weighted by Crippen LogP contribution is -2.04. The third-order valence-electron chi connectivity index (χ3n) is 3.33. The van der Waals surface area contributed by atoms with Crippen molar-refractivity contribution in [2.45, 2.75) is 25.6 Å². The number of rotatable bonds is 3. The van der Waals surface area contributed by atoms with E-state index in [-0.39, 0.29) is 6.10 Å². The minimum Gasteiger partial charge on any atom is -0.486 e. The molecule has 5 nitrogen and oxygen atoms in total. The average Bonchev–Trinajstić information content (AvgIpc) is 2.94. The summed E-state index contributed by atoms with van der Waals surface area (Å²) >= 11 is 0. The lowest BCUT2D eigenvalue weighted by molar-refractivity contribution is 0.180. The average molecular weight is 245 g/mol. The highest BCUT2D eigenvalue weighted by Crippen LogP contribution is 2.33. The maximum Gasteiger partial charge on any atom is 0.164 e. The fourth-order valence-electron chi connectivity index (χ4n) is 2.26. The van der Waals surface area contributed by atoms with Gasteiger partial charge in [-0.15, -0.1) is 0 Å². The van der Waals surface area contributed by atoms with Crippen LogP contribution in [0.2, 0.25) is 0 Å². The summed E-state index contributed by atoms with van der Waals surface area (Å²) in [5.74, 6) is 1.60. The third-order valence-corrected chi connectivity index (χ3v) is 3.33. The Labute approximate surface area is 105 Å². The number of benzene rings is 1. The number of hydrogen-bond acceptors (Lipinski definition) is 4. The molecule has 1 heterocycles. The first-order chi connectivity index (χ1) is 8.74. The van der Waals surface area contributed by atoms with Gasteiger partial charge in [0.25, 0.3) is 0 Å². The SMILES string of the molecule is Cn1ncnc1COc1ccc2c(c1)CC[C@H]2O.